The molecule has 0 aromatic heterocycles. The first-order valence-electron chi connectivity index (χ1n) is 12.0. The zero-order chi connectivity index (χ0) is 25.4. The van der Waals surface area contributed by atoms with Crippen LogP contribution in [-0.4, -0.2) is 31.5 Å². The zero-order valence-corrected chi connectivity index (χ0v) is 20.4. The second-order valence-electron chi connectivity index (χ2n) is 8.99. The molecular weight excluding hydrogens is 454 g/mol. The number of carbonyl (C=O) groups excluding carboxylic acids is 3. The molecule has 3 aromatic rings. The molecule has 182 valence electrons. The summed E-state index contributed by atoms with van der Waals surface area (Å²) in [5, 5.41) is 0. The normalized spacial score (nSPS) is 22.4. The van der Waals surface area contributed by atoms with E-state index < -0.39 is 23.2 Å². The van der Waals surface area contributed by atoms with Gasteiger partial charge in [-0.2, -0.15) is 0 Å². The number of nitrogens with zero attached hydrogens (tertiary/aromatic N) is 1. The maximum Gasteiger partial charge on any atom is 0.334 e. The number of rotatable bonds is 5. The van der Waals surface area contributed by atoms with Crippen LogP contribution in [0.1, 0.15) is 42.4 Å². The van der Waals surface area contributed by atoms with Gasteiger partial charge in [0.2, 0.25) is 11.8 Å². The Morgan fingerprint density at radius 2 is 1.58 bits per heavy atom. The fourth-order valence-corrected chi connectivity index (χ4v) is 5.81. The Labute approximate surface area is 210 Å². The van der Waals surface area contributed by atoms with E-state index >= 15 is 0 Å². The summed E-state index contributed by atoms with van der Waals surface area (Å²) < 4.78 is 11.0. The van der Waals surface area contributed by atoms with Gasteiger partial charge < -0.3 is 9.47 Å². The highest BCUT2D eigenvalue weighted by atomic mass is 16.5. The van der Waals surface area contributed by atoms with Crippen LogP contribution in [0.4, 0.5) is 5.69 Å². The fraction of sp³-hybridized carbons (Fsp3) is 0.233. The van der Waals surface area contributed by atoms with Gasteiger partial charge >= 0.3 is 5.97 Å². The number of hydrogen-bond donors (Lipinski definition) is 0. The molecule has 2 aliphatic rings. The van der Waals surface area contributed by atoms with Gasteiger partial charge in [-0.25, -0.2) is 9.69 Å². The second-order valence-corrected chi connectivity index (χ2v) is 8.99. The van der Waals surface area contributed by atoms with Crippen molar-refractivity contribution in [1.29, 1.82) is 0 Å². The van der Waals surface area contributed by atoms with Crippen molar-refractivity contribution >= 4 is 23.5 Å². The molecule has 1 spiro atoms. The summed E-state index contributed by atoms with van der Waals surface area (Å²) in [4.78, 5) is 42.1. The quantitative estimate of drug-likeness (QED) is 0.485. The number of esters is 1. The molecule has 1 heterocycles. The van der Waals surface area contributed by atoms with E-state index in [-0.39, 0.29) is 18.4 Å². The van der Waals surface area contributed by atoms with Crippen molar-refractivity contribution in [1.82, 2.24) is 0 Å². The van der Waals surface area contributed by atoms with Gasteiger partial charge in [0.1, 0.15) is 5.75 Å². The van der Waals surface area contributed by atoms with Crippen LogP contribution in [0.2, 0.25) is 0 Å². The SMILES string of the molecule is CCOC(=O)C1=C[C@@H](c2ccccc2)[C@]2(C(=O)N(C(C)=O)c3ccc(OC)cc32)[C@H]1c1ccccc1. The molecule has 0 saturated heterocycles. The monoisotopic (exact) mass is 481 g/mol. The van der Waals surface area contributed by atoms with E-state index in [1.54, 1.807) is 26.2 Å². The molecule has 0 unspecified atom stereocenters. The Morgan fingerprint density at radius 1 is 0.944 bits per heavy atom. The van der Waals surface area contributed by atoms with Gasteiger partial charge in [0.25, 0.3) is 0 Å². The van der Waals surface area contributed by atoms with E-state index in [1.165, 1.54) is 11.8 Å². The predicted molar refractivity (Wildman–Crippen MR) is 136 cm³/mol. The van der Waals surface area contributed by atoms with Crippen molar-refractivity contribution in [3.63, 3.8) is 0 Å². The Kier molecular flexibility index (Phi) is 5.96. The first-order valence-corrected chi connectivity index (χ1v) is 12.0. The molecule has 2 amide bonds. The molecule has 0 N–H and O–H groups in total. The molecule has 3 aromatic carbocycles. The van der Waals surface area contributed by atoms with Crippen molar-refractivity contribution in [2.75, 3.05) is 18.6 Å². The van der Waals surface area contributed by atoms with Crippen LogP contribution in [0.5, 0.6) is 5.75 Å². The van der Waals surface area contributed by atoms with Gasteiger partial charge in [-0.15, -0.1) is 0 Å². The maximum absolute atomic E-state index is 14.6. The van der Waals surface area contributed by atoms with Crippen LogP contribution < -0.4 is 9.64 Å². The van der Waals surface area contributed by atoms with Gasteiger partial charge in [0.05, 0.1) is 24.8 Å². The van der Waals surface area contributed by atoms with Crippen LogP contribution in [0, 0.1) is 0 Å². The van der Waals surface area contributed by atoms with Crippen LogP contribution in [0.3, 0.4) is 0 Å². The lowest BCUT2D eigenvalue weighted by atomic mass is 9.62. The topological polar surface area (TPSA) is 72.9 Å². The van der Waals surface area contributed by atoms with Crippen molar-refractivity contribution in [3.05, 3.63) is 107 Å². The van der Waals surface area contributed by atoms with Crippen LogP contribution in [0.25, 0.3) is 0 Å². The van der Waals surface area contributed by atoms with E-state index in [0.717, 1.165) is 11.1 Å². The average Bonchev–Trinajstić information content (AvgIpc) is 3.39. The van der Waals surface area contributed by atoms with Gasteiger partial charge in [-0.3, -0.25) is 9.59 Å². The van der Waals surface area contributed by atoms with E-state index in [4.69, 9.17) is 9.47 Å². The smallest absolute Gasteiger partial charge is 0.334 e. The van der Waals surface area contributed by atoms with Crippen molar-refractivity contribution in [2.24, 2.45) is 0 Å². The Balaban J connectivity index is 1.89. The number of benzene rings is 3. The lowest BCUT2D eigenvalue weighted by Gasteiger charge is -2.37. The van der Waals surface area contributed by atoms with Crippen molar-refractivity contribution in [3.8, 4) is 5.75 Å². The number of fused-ring (bicyclic) bond motifs is 2. The molecule has 36 heavy (non-hydrogen) atoms. The molecule has 0 saturated carbocycles. The summed E-state index contributed by atoms with van der Waals surface area (Å²) >= 11 is 0. The van der Waals surface area contributed by atoms with Crippen LogP contribution in [0.15, 0.2) is 90.5 Å². The zero-order valence-electron chi connectivity index (χ0n) is 20.4. The molecule has 6 nitrogen and oxygen atoms in total. The first kappa shape index (κ1) is 23.5. The number of allylic oxidation sites excluding steroid dienone is 1. The summed E-state index contributed by atoms with van der Waals surface area (Å²) in [6.45, 7) is 3.35. The summed E-state index contributed by atoms with van der Waals surface area (Å²) in [5.41, 5.74) is 1.94. The minimum Gasteiger partial charge on any atom is -0.497 e. The molecule has 3 atom stereocenters. The highest BCUT2D eigenvalue weighted by Crippen LogP contribution is 2.63. The molecule has 6 heteroatoms. The largest absolute Gasteiger partial charge is 0.497 e. The lowest BCUT2D eigenvalue weighted by molar-refractivity contribution is -0.138. The number of hydrogen-bond acceptors (Lipinski definition) is 5. The van der Waals surface area contributed by atoms with E-state index in [9.17, 15) is 14.4 Å². The minimum atomic E-state index is -1.29. The predicted octanol–water partition coefficient (Wildman–Crippen LogP) is 4.90. The standard InChI is InChI=1S/C30H27NO5/c1-4-36-28(33)23-18-24(20-11-7-5-8-12-20)30(27(23)21-13-9-6-10-14-21)25-17-22(35-3)15-16-26(25)31(19(2)32)29(30)34/h5-18,24,27H,4H2,1-3H3/t24-,27-,30+/m0/s1. The van der Waals surface area contributed by atoms with Gasteiger partial charge in [0, 0.05) is 24.3 Å². The van der Waals surface area contributed by atoms with E-state index in [2.05, 4.69) is 0 Å². The molecule has 0 radical (unpaired) electrons. The number of methoxy groups -OCH3 is 1. The second kappa shape index (κ2) is 9.11. The number of imide groups is 1. The Hall–Kier alpha value is -4.19. The minimum absolute atomic E-state index is 0.207. The third-order valence-electron chi connectivity index (χ3n) is 7.17. The molecular formula is C30H27NO5. The van der Waals surface area contributed by atoms with Gasteiger partial charge in [0.15, 0.2) is 0 Å². The number of amides is 2. The highest BCUT2D eigenvalue weighted by Gasteiger charge is 2.65. The fourth-order valence-electron chi connectivity index (χ4n) is 5.81. The van der Waals surface area contributed by atoms with Crippen LogP contribution >= 0.6 is 0 Å². The van der Waals surface area contributed by atoms with Crippen molar-refractivity contribution in [2.45, 2.75) is 31.1 Å². The Morgan fingerprint density at radius 3 is 2.17 bits per heavy atom. The number of anilines is 1. The Bertz CT molecular complexity index is 1360. The highest BCUT2D eigenvalue weighted by molar-refractivity contribution is 6.24. The van der Waals surface area contributed by atoms with Gasteiger partial charge in [-0.05, 0) is 41.8 Å². The molecule has 0 fully saturated rings. The summed E-state index contributed by atoms with van der Waals surface area (Å²) in [7, 11) is 1.56. The number of carbonyl (C=O) groups is 3. The van der Waals surface area contributed by atoms with Crippen molar-refractivity contribution < 1.29 is 23.9 Å². The first-order chi connectivity index (χ1) is 17.4. The third-order valence-corrected chi connectivity index (χ3v) is 7.17. The molecule has 1 aliphatic carbocycles. The van der Waals surface area contributed by atoms with Crippen LogP contribution in [-0.2, 0) is 24.5 Å². The summed E-state index contributed by atoms with van der Waals surface area (Å²) in [5.74, 6) is -1.85. The lowest BCUT2D eigenvalue weighted by Crippen LogP contribution is -2.48. The third kappa shape index (κ3) is 3.36. The van der Waals surface area contributed by atoms with E-state index in [1.807, 2.05) is 72.8 Å². The summed E-state index contributed by atoms with van der Waals surface area (Å²) in [6, 6.07) is 24.4. The molecule has 5 rings (SSSR count). The maximum atomic E-state index is 14.6. The van der Waals surface area contributed by atoms with Gasteiger partial charge in [-0.1, -0.05) is 66.7 Å². The number of ether oxygens (including phenoxy) is 2. The molecule has 0 bridgehead atoms. The van der Waals surface area contributed by atoms with E-state index in [0.29, 0.717) is 22.6 Å². The molecule has 1 aliphatic heterocycles. The average molecular weight is 482 g/mol. The summed E-state index contributed by atoms with van der Waals surface area (Å²) in [6.07, 6.45) is 1.86.